The molecule has 0 saturated carbocycles. The highest BCUT2D eigenvalue weighted by Gasteiger charge is 2.29. The van der Waals surface area contributed by atoms with E-state index in [9.17, 15) is 14.7 Å². The van der Waals surface area contributed by atoms with Crippen molar-refractivity contribution in [1.29, 1.82) is 0 Å². The topological polar surface area (TPSA) is 124 Å². The van der Waals surface area contributed by atoms with E-state index in [0.29, 0.717) is 35.7 Å². The number of carbonyl (C=O) groups excluding carboxylic acids is 2. The molecule has 152 valence electrons. The molecule has 2 aromatic carbocycles. The van der Waals surface area contributed by atoms with Gasteiger partial charge in [0.05, 0.1) is 23.4 Å². The number of carbonyl (C=O) groups is 2. The highest BCUT2D eigenvalue weighted by Crippen LogP contribution is 2.41. The smallest absolute Gasteiger partial charge is 0.356 e. The number of aromatic nitrogens is 1. The molecule has 30 heavy (non-hydrogen) atoms. The van der Waals surface area contributed by atoms with E-state index in [1.807, 2.05) is 6.07 Å². The molecule has 0 bridgehead atoms. The van der Waals surface area contributed by atoms with Gasteiger partial charge in [0.15, 0.2) is 0 Å². The van der Waals surface area contributed by atoms with Crippen molar-refractivity contribution in [2.45, 2.75) is 12.3 Å². The largest absolute Gasteiger partial charge is 0.506 e. The average molecular weight is 405 g/mol. The quantitative estimate of drug-likeness (QED) is 0.570. The summed E-state index contributed by atoms with van der Waals surface area (Å²) in [5, 5.41) is 13.0. The number of hydrogen-bond donors (Lipinski definition) is 3. The fourth-order valence-electron chi connectivity index (χ4n) is 3.52. The predicted molar refractivity (Wildman–Crippen MR) is 108 cm³/mol. The first-order valence-corrected chi connectivity index (χ1v) is 9.30. The van der Waals surface area contributed by atoms with Crippen LogP contribution < -0.4 is 16.0 Å². The number of nitrogens with two attached hydrogens (primary N) is 1. The molecule has 0 radical (unpaired) electrons. The molecule has 8 nitrogen and oxygen atoms in total. The highest BCUT2D eigenvalue weighted by atomic mass is 16.7. The SMILES string of the molecule is NOC(=O)c1ccc(NC(=O)c2cccc3c2OCCC3c2ncccc2O)cc1. The maximum Gasteiger partial charge on any atom is 0.356 e. The zero-order valence-corrected chi connectivity index (χ0v) is 15.9. The van der Waals surface area contributed by atoms with Crippen molar-refractivity contribution in [3.8, 4) is 11.5 Å². The van der Waals surface area contributed by atoms with Crippen LogP contribution in [0.1, 0.15) is 44.3 Å². The van der Waals surface area contributed by atoms with Crippen LogP contribution in [-0.4, -0.2) is 28.6 Å². The lowest BCUT2D eigenvalue weighted by molar-refractivity contribution is 0.0503. The van der Waals surface area contributed by atoms with Gasteiger partial charge in [0.1, 0.15) is 11.5 Å². The Balaban J connectivity index is 1.61. The van der Waals surface area contributed by atoms with Crippen LogP contribution in [0, 0.1) is 0 Å². The summed E-state index contributed by atoms with van der Waals surface area (Å²) < 4.78 is 5.82. The van der Waals surface area contributed by atoms with Gasteiger partial charge in [-0.1, -0.05) is 12.1 Å². The lowest BCUT2D eigenvalue weighted by atomic mass is 9.88. The third kappa shape index (κ3) is 3.68. The van der Waals surface area contributed by atoms with Gasteiger partial charge in [-0.2, -0.15) is 5.90 Å². The first-order chi connectivity index (χ1) is 14.6. The molecule has 1 unspecified atom stereocenters. The molecule has 0 fully saturated rings. The number of hydrogen-bond acceptors (Lipinski definition) is 7. The summed E-state index contributed by atoms with van der Waals surface area (Å²) in [5.74, 6) is 4.26. The number of fused-ring (bicyclic) bond motifs is 1. The van der Waals surface area contributed by atoms with Crippen molar-refractivity contribution in [3.05, 3.63) is 83.2 Å². The summed E-state index contributed by atoms with van der Waals surface area (Å²) in [4.78, 5) is 32.8. The van der Waals surface area contributed by atoms with Gasteiger partial charge in [0.25, 0.3) is 5.91 Å². The summed E-state index contributed by atoms with van der Waals surface area (Å²) in [6.07, 6.45) is 2.27. The van der Waals surface area contributed by atoms with Crippen LogP contribution in [0.5, 0.6) is 11.5 Å². The monoisotopic (exact) mass is 405 g/mol. The first kappa shape index (κ1) is 19.4. The van der Waals surface area contributed by atoms with E-state index in [-0.39, 0.29) is 23.1 Å². The van der Waals surface area contributed by atoms with Crippen LogP contribution in [0.3, 0.4) is 0 Å². The minimum absolute atomic E-state index is 0.112. The minimum atomic E-state index is -0.665. The van der Waals surface area contributed by atoms with Gasteiger partial charge < -0.3 is 20.0 Å². The van der Waals surface area contributed by atoms with Crippen LogP contribution in [0.15, 0.2) is 60.8 Å². The van der Waals surface area contributed by atoms with E-state index < -0.39 is 5.97 Å². The van der Waals surface area contributed by atoms with Gasteiger partial charge in [0.2, 0.25) is 0 Å². The van der Waals surface area contributed by atoms with Gasteiger partial charge in [-0.25, -0.2) is 4.79 Å². The number of ether oxygens (including phenoxy) is 1. The Morgan fingerprint density at radius 1 is 1.13 bits per heavy atom. The van der Waals surface area contributed by atoms with E-state index >= 15 is 0 Å². The van der Waals surface area contributed by atoms with E-state index in [1.54, 1.807) is 42.6 Å². The summed E-state index contributed by atoms with van der Waals surface area (Å²) in [6, 6.07) is 14.7. The number of aromatic hydroxyl groups is 1. The number of benzene rings is 2. The molecule has 8 heteroatoms. The van der Waals surface area contributed by atoms with Crippen molar-refractivity contribution in [2.75, 3.05) is 11.9 Å². The molecule has 0 spiro atoms. The standard InChI is InChI=1S/C22H19N3O5/c23-30-22(28)13-6-8-14(9-7-13)25-21(27)17-4-1-3-16-15(10-12-29-20(16)17)19-18(26)5-2-11-24-19/h1-9,11,15,26H,10,12,23H2,(H,25,27). The highest BCUT2D eigenvalue weighted by molar-refractivity contribution is 6.06. The predicted octanol–water partition coefficient (Wildman–Crippen LogP) is 2.98. The Morgan fingerprint density at radius 3 is 2.67 bits per heavy atom. The fraction of sp³-hybridized carbons (Fsp3) is 0.136. The van der Waals surface area contributed by atoms with Crippen molar-refractivity contribution < 1.29 is 24.3 Å². The van der Waals surface area contributed by atoms with E-state index in [4.69, 9.17) is 10.6 Å². The van der Waals surface area contributed by atoms with Crippen molar-refractivity contribution >= 4 is 17.6 Å². The van der Waals surface area contributed by atoms with Crippen LogP contribution >= 0.6 is 0 Å². The molecule has 0 aliphatic carbocycles. The third-order valence-corrected chi connectivity index (χ3v) is 4.95. The normalized spacial score (nSPS) is 14.9. The van der Waals surface area contributed by atoms with Gasteiger partial charge >= 0.3 is 5.97 Å². The summed E-state index contributed by atoms with van der Waals surface area (Å²) >= 11 is 0. The van der Waals surface area contributed by atoms with Gasteiger partial charge in [-0.15, -0.1) is 0 Å². The number of anilines is 1. The first-order valence-electron chi connectivity index (χ1n) is 9.30. The second kappa shape index (κ2) is 8.22. The zero-order valence-electron chi connectivity index (χ0n) is 15.9. The Labute approximate surface area is 172 Å². The average Bonchev–Trinajstić information content (AvgIpc) is 2.78. The van der Waals surface area contributed by atoms with E-state index in [1.165, 1.54) is 12.1 Å². The molecule has 3 aromatic rings. The summed E-state index contributed by atoms with van der Waals surface area (Å²) in [5.41, 5.74) is 2.50. The molecule has 1 amide bonds. The van der Waals surface area contributed by atoms with E-state index in [2.05, 4.69) is 15.1 Å². The van der Waals surface area contributed by atoms with Crippen LogP contribution in [0.2, 0.25) is 0 Å². The number of nitrogens with one attached hydrogen (secondary N) is 1. The van der Waals surface area contributed by atoms with Crippen molar-refractivity contribution in [2.24, 2.45) is 5.90 Å². The van der Waals surface area contributed by atoms with Crippen LogP contribution in [-0.2, 0) is 4.84 Å². The Hall–Kier alpha value is -3.91. The Morgan fingerprint density at radius 2 is 1.93 bits per heavy atom. The minimum Gasteiger partial charge on any atom is -0.506 e. The molecular formula is C22H19N3O5. The summed E-state index contributed by atoms with van der Waals surface area (Å²) in [6.45, 7) is 0.397. The number of para-hydroxylation sites is 1. The lowest BCUT2D eigenvalue weighted by Gasteiger charge is -2.27. The number of nitrogens with zero attached hydrogens (tertiary/aromatic N) is 1. The van der Waals surface area contributed by atoms with E-state index in [0.717, 1.165) is 5.56 Å². The second-order valence-corrected chi connectivity index (χ2v) is 6.76. The Bertz CT molecular complexity index is 1100. The molecule has 0 saturated heterocycles. The summed E-state index contributed by atoms with van der Waals surface area (Å²) in [7, 11) is 0. The van der Waals surface area contributed by atoms with Gasteiger partial charge in [-0.3, -0.25) is 9.78 Å². The van der Waals surface area contributed by atoms with Gasteiger partial charge in [-0.05, 0) is 48.9 Å². The maximum atomic E-state index is 12.9. The molecule has 1 aliphatic heterocycles. The third-order valence-electron chi connectivity index (χ3n) is 4.95. The van der Waals surface area contributed by atoms with Crippen molar-refractivity contribution in [1.82, 2.24) is 4.98 Å². The maximum absolute atomic E-state index is 12.9. The van der Waals surface area contributed by atoms with Crippen molar-refractivity contribution in [3.63, 3.8) is 0 Å². The number of pyridine rings is 1. The van der Waals surface area contributed by atoms with Gasteiger partial charge in [0, 0.05) is 23.4 Å². The molecule has 4 rings (SSSR count). The molecule has 2 heterocycles. The Kier molecular flexibility index (Phi) is 5.32. The van der Waals surface area contributed by atoms with Crippen LogP contribution in [0.25, 0.3) is 0 Å². The fourth-order valence-corrected chi connectivity index (χ4v) is 3.52. The lowest BCUT2D eigenvalue weighted by Crippen LogP contribution is -2.21. The number of amides is 1. The zero-order chi connectivity index (χ0) is 21.1. The number of rotatable bonds is 4. The second-order valence-electron chi connectivity index (χ2n) is 6.76. The molecule has 1 aliphatic rings. The molecule has 4 N–H and O–H groups in total. The molecule has 1 aromatic heterocycles. The van der Waals surface area contributed by atoms with Crippen LogP contribution in [0.4, 0.5) is 5.69 Å². The molecular weight excluding hydrogens is 386 g/mol. The molecule has 1 atom stereocenters.